The van der Waals surface area contributed by atoms with Crippen molar-refractivity contribution >= 4 is 16.9 Å². The van der Waals surface area contributed by atoms with Gasteiger partial charge in [-0.05, 0) is 23.1 Å². The van der Waals surface area contributed by atoms with Crippen molar-refractivity contribution in [3.05, 3.63) is 42.2 Å². The minimum absolute atomic E-state index is 0.383. The molecule has 2 rings (SSSR count). The van der Waals surface area contributed by atoms with E-state index in [1.807, 2.05) is 24.3 Å². The maximum atomic E-state index is 9.94. The first kappa shape index (κ1) is 8.60. The topological polar surface area (TPSA) is 42.3 Å². The molecule has 0 aliphatic heterocycles. The quantitative estimate of drug-likeness (QED) is 0.529. The number of aliphatic imine (C=N–C) groups is 1. The van der Waals surface area contributed by atoms with Gasteiger partial charge in [-0.2, -0.15) is 0 Å². The lowest BCUT2D eigenvalue weighted by Gasteiger charge is -1.98. The maximum absolute atomic E-state index is 9.94. The molecular weight excluding hydrogens is 176 g/mol. The summed E-state index contributed by atoms with van der Waals surface area (Å²) in [5.41, 5.74) is 0.994. The lowest BCUT2D eigenvalue weighted by molar-refractivity contribution is 0.563. The molecule has 0 aliphatic carbocycles. The van der Waals surface area contributed by atoms with Crippen molar-refractivity contribution in [3.63, 3.8) is 0 Å². The van der Waals surface area contributed by atoms with Gasteiger partial charge in [0.2, 0.25) is 6.08 Å². The molecule has 0 amide bonds. The number of hydrogen-bond acceptors (Lipinski definition) is 3. The van der Waals surface area contributed by atoms with E-state index < -0.39 is 0 Å². The molecule has 0 radical (unpaired) electrons. The van der Waals surface area contributed by atoms with Gasteiger partial charge in [-0.1, -0.05) is 12.1 Å². The zero-order valence-corrected chi connectivity index (χ0v) is 7.47. The first-order chi connectivity index (χ1) is 6.90. The van der Waals surface area contributed by atoms with Crippen molar-refractivity contribution in [1.82, 2.24) is 4.98 Å². The predicted octanol–water partition coefficient (Wildman–Crippen LogP) is 2.07. The van der Waals surface area contributed by atoms with Crippen LogP contribution in [-0.4, -0.2) is 11.1 Å². The number of benzene rings is 1. The fourth-order valence-electron chi connectivity index (χ4n) is 1.36. The third-order valence-electron chi connectivity index (χ3n) is 2.03. The molecule has 0 aliphatic rings. The Labute approximate surface area is 81.1 Å². The van der Waals surface area contributed by atoms with Crippen molar-refractivity contribution in [2.24, 2.45) is 4.99 Å². The average molecular weight is 184 g/mol. The maximum Gasteiger partial charge on any atom is 0.235 e. The third-order valence-corrected chi connectivity index (χ3v) is 2.03. The third kappa shape index (κ3) is 1.68. The molecule has 1 aromatic carbocycles. The summed E-state index contributed by atoms with van der Waals surface area (Å²) >= 11 is 0. The van der Waals surface area contributed by atoms with Crippen molar-refractivity contribution in [2.45, 2.75) is 6.54 Å². The van der Waals surface area contributed by atoms with Gasteiger partial charge in [0.25, 0.3) is 0 Å². The van der Waals surface area contributed by atoms with E-state index in [1.165, 1.54) is 6.08 Å². The van der Waals surface area contributed by atoms with Crippen LogP contribution in [0.1, 0.15) is 5.56 Å². The summed E-state index contributed by atoms with van der Waals surface area (Å²) in [7, 11) is 0. The molecule has 3 heteroatoms. The van der Waals surface area contributed by atoms with Crippen LogP contribution in [0.4, 0.5) is 0 Å². The highest BCUT2D eigenvalue weighted by molar-refractivity contribution is 5.81. The fraction of sp³-hybridized carbons (Fsp3) is 0.0909. The van der Waals surface area contributed by atoms with Crippen LogP contribution >= 0.6 is 0 Å². The van der Waals surface area contributed by atoms with Crippen LogP contribution in [0.15, 0.2) is 41.7 Å². The zero-order chi connectivity index (χ0) is 9.80. The Morgan fingerprint density at radius 3 is 3.07 bits per heavy atom. The number of carbonyl (C=O) groups excluding carboxylic acids is 1. The predicted molar refractivity (Wildman–Crippen MR) is 53.6 cm³/mol. The van der Waals surface area contributed by atoms with E-state index >= 15 is 0 Å². The summed E-state index contributed by atoms with van der Waals surface area (Å²) in [6.45, 7) is 0.383. The summed E-state index contributed by atoms with van der Waals surface area (Å²) in [5, 5.41) is 2.20. The van der Waals surface area contributed by atoms with Crippen LogP contribution < -0.4 is 0 Å². The van der Waals surface area contributed by atoms with Gasteiger partial charge < -0.3 is 0 Å². The first-order valence-corrected chi connectivity index (χ1v) is 4.26. The first-order valence-electron chi connectivity index (χ1n) is 4.26. The highest BCUT2D eigenvalue weighted by atomic mass is 16.1. The van der Waals surface area contributed by atoms with Gasteiger partial charge in [0.1, 0.15) is 0 Å². The molecule has 0 spiro atoms. The van der Waals surface area contributed by atoms with E-state index in [-0.39, 0.29) is 0 Å². The SMILES string of the molecule is O=C=NCc1ccc2ccncc2c1. The average Bonchev–Trinajstić information content (AvgIpc) is 2.26. The number of nitrogens with zero attached hydrogens (tertiary/aromatic N) is 2. The number of rotatable bonds is 2. The summed E-state index contributed by atoms with van der Waals surface area (Å²) in [5.74, 6) is 0. The molecule has 0 atom stereocenters. The molecule has 1 aromatic heterocycles. The molecular formula is C11H8N2O. The number of hydrogen-bond donors (Lipinski definition) is 0. The van der Waals surface area contributed by atoms with Crippen molar-refractivity contribution in [1.29, 1.82) is 0 Å². The minimum Gasteiger partial charge on any atom is -0.264 e. The molecule has 0 fully saturated rings. The highest BCUT2D eigenvalue weighted by Gasteiger charge is 1.94. The second-order valence-corrected chi connectivity index (χ2v) is 2.96. The van der Waals surface area contributed by atoms with E-state index in [0.29, 0.717) is 6.54 Å². The Morgan fingerprint density at radius 2 is 2.21 bits per heavy atom. The zero-order valence-electron chi connectivity index (χ0n) is 7.47. The number of fused-ring (bicyclic) bond motifs is 1. The van der Waals surface area contributed by atoms with E-state index in [1.54, 1.807) is 12.4 Å². The second-order valence-electron chi connectivity index (χ2n) is 2.96. The normalized spacial score (nSPS) is 9.71. The van der Waals surface area contributed by atoms with Crippen molar-refractivity contribution in [3.8, 4) is 0 Å². The Morgan fingerprint density at radius 1 is 1.29 bits per heavy atom. The largest absolute Gasteiger partial charge is 0.264 e. The van der Waals surface area contributed by atoms with Crippen molar-refractivity contribution < 1.29 is 4.79 Å². The fourth-order valence-corrected chi connectivity index (χ4v) is 1.36. The molecule has 0 saturated carbocycles. The molecule has 0 N–H and O–H groups in total. The van der Waals surface area contributed by atoms with Gasteiger partial charge in [0.15, 0.2) is 0 Å². The van der Waals surface area contributed by atoms with E-state index in [0.717, 1.165) is 16.3 Å². The van der Waals surface area contributed by atoms with Crippen LogP contribution in [0.3, 0.4) is 0 Å². The van der Waals surface area contributed by atoms with E-state index in [9.17, 15) is 4.79 Å². The minimum atomic E-state index is 0.383. The molecule has 1 heterocycles. The standard InChI is InChI=1S/C11H8N2O/c14-8-13-6-9-1-2-10-3-4-12-7-11(10)5-9/h1-5,7H,6H2. The van der Waals surface area contributed by atoms with Gasteiger partial charge in [-0.15, -0.1) is 0 Å². The summed E-state index contributed by atoms with van der Waals surface area (Å²) < 4.78 is 0. The van der Waals surface area contributed by atoms with Crippen LogP contribution in [0.2, 0.25) is 0 Å². The lowest BCUT2D eigenvalue weighted by atomic mass is 10.1. The van der Waals surface area contributed by atoms with Gasteiger partial charge >= 0.3 is 0 Å². The molecule has 68 valence electrons. The summed E-state index contributed by atoms with van der Waals surface area (Å²) in [6, 6.07) is 7.86. The van der Waals surface area contributed by atoms with Gasteiger partial charge in [0.05, 0.1) is 6.54 Å². The van der Waals surface area contributed by atoms with Crippen LogP contribution in [0.5, 0.6) is 0 Å². The van der Waals surface area contributed by atoms with E-state index in [4.69, 9.17) is 0 Å². The molecule has 3 nitrogen and oxygen atoms in total. The summed E-state index contributed by atoms with van der Waals surface area (Å²) in [4.78, 5) is 17.5. The Kier molecular flexibility index (Phi) is 2.34. The van der Waals surface area contributed by atoms with E-state index in [2.05, 4.69) is 9.98 Å². The Bertz CT molecular complexity index is 501. The smallest absolute Gasteiger partial charge is 0.235 e. The molecule has 0 unspecified atom stereocenters. The van der Waals surface area contributed by atoms with Crippen LogP contribution in [0.25, 0.3) is 10.8 Å². The monoisotopic (exact) mass is 184 g/mol. The van der Waals surface area contributed by atoms with Gasteiger partial charge in [0, 0.05) is 17.8 Å². The summed E-state index contributed by atoms with van der Waals surface area (Å²) in [6.07, 6.45) is 5.07. The molecule has 2 aromatic rings. The number of aromatic nitrogens is 1. The number of isocyanates is 1. The Balaban J connectivity index is 2.45. The van der Waals surface area contributed by atoms with Crippen LogP contribution in [0, 0.1) is 0 Å². The number of pyridine rings is 1. The molecule has 0 bridgehead atoms. The van der Waals surface area contributed by atoms with Gasteiger partial charge in [-0.25, -0.2) is 9.79 Å². The highest BCUT2D eigenvalue weighted by Crippen LogP contribution is 2.14. The Hall–Kier alpha value is -1.99. The second kappa shape index (κ2) is 3.81. The van der Waals surface area contributed by atoms with Crippen LogP contribution in [-0.2, 0) is 11.3 Å². The molecule has 0 saturated heterocycles. The lowest BCUT2D eigenvalue weighted by Crippen LogP contribution is -1.82. The van der Waals surface area contributed by atoms with Gasteiger partial charge in [-0.3, -0.25) is 4.98 Å². The van der Waals surface area contributed by atoms with Crippen molar-refractivity contribution in [2.75, 3.05) is 0 Å². The molecule has 14 heavy (non-hydrogen) atoms.